The van der Waals surface area contributed by atoms with Gasteiger partial charge in [-0.05, 0) is 37.9 Å². The van der Waals surface area contributed by atoms with E-state index in [2.05, 4.69) is 10.2 Å². The van der Waals surface area contributed by atoms with Crippen molar-refractivity contribution in [2.75, 3.05) is 26.2 Å². The SMILES string of the molecule is O=C(NCc1ccccc1)C1CCN(CCCO)CC1. The Bertz CT molecular complexity index is 400. The van der Waals surface area contributed by atoms with Crippen molar-refractivity contribution in [1.82, 2.24) is 10.2 Å². The van der Waals surface area contributed by atoms with Crippen molar-refractivity contribution in [1.29, 1.82) is 0 Å². The average Bonchev–Trinajstić information content (AvgIpc) is 2.52. The molecule has 0 spiro atoms. The Labute approximate surface area is 120 Å². The van der Waals surface area contributed by atoms with Crippen molar-refractivity contribution in [3.05, 3.63) is 35.9 Å². The maximum atomic E-state index is 12.1. The van der Waals surface area contributed by atoms with E-state index < -0.39 is 0 Å². The van der Waals surface area contributed by atoms with Crippen LogP contribution < -0.4 is 5.32 Å². The molecule has 0 aliphatic carbocycles. The molecular weight excluding hydrogens is 252 g/mol. The van der Waals surface area contributed by atoms with Crippen molar-refractivity contribution >= 4 is 5.91 Å². The van der Waals surface area contributed by atoms with Gasteiger partial charge in [0, 0.05) is 25.6 Å². The third kappa shape index (κ3) is 4.62. The molecule has 2 rings (SSSR count). The van der Waals surface area contributed by atoms with E-state index in [0.717, 1.165) is 44.5 Å². The Morgan fingerprint density at radius 3 is 2.60 bits per heavy atom. The molecular formula is C16H24N2O2. The molecule has 2 N–H and O–H groups in total. The number of rotatable bonds is 6. The zero-order valence-corrected chi connectivity index (χ0v) is 11.9. The van der Waals surface area contributed by atoms with Gasteiger partial charge in [-0.1, -0.05) is 30.3 Å². The van der Waals surface area contributed by atoms with Crippen LogP contribution in [0.5, 0.6) is 0 Å². The fourth-order valence-electron chi connectivity index (χ4n) is 2.64. The van der Waals surface area contributed by atoms with Crippen molar-refractivity contribution in [3.63, 3.8) is 0 Å². The van der Waals surface area contributed by atoms with Gasteiger partial charge in [0.15, 0.2) is 0 Å². The second kappa shape index (κ2) is 8.02. The Morgan fingerprint density at radius 2 is 1.95 bits per heavy atom. The van der Waals surface area contributed by atoms with Gasteiger partial charge in [-0.2, -0.15) is 0 Å². The Balaban J connectivity index is 1.69. The third-order valence-electron chi connectivity index (χ3n) is 3.90. The minimum Gasteiger partial charge on any atom is -0.396 e. The highest BCUT2D eigenvalue weighted by Crippen LogP contribution is 2.17. The van der Waals surface area contributed by atoms with Gasteiger partial charge in [0.25, 0.3) is 0 Å². The van der Waals surface area contributed by atoms with Crippen molar-refractivity contribution in [3.8, 4) is 0 Å². The molecule has 4 nitrogen and oxygen atoms in total. The fraction of sp³-hybridized carbons (Fsp3) is 0.562. The maximum absolute atomic E-state index is 12.1. The van der Waals surface area contributed by atoms with Crippen LogP contribution in [-0.4, -0.2) is 42.2 Å². The lowest BCUT2D eigenvalue weighted by Gasteiger charge is -2.31. The maximum Gasteiger partial charge on any atom is 0.223 e. The van der Waals surface area contributed by atoms with Crippen LogP contribution in [0.1, 0.15) is 24.8 Å². The molecule has 1 heterocycles. The molecule has 20 heavy (non-hydrogen) atoms. The first kappa shape index (κ1) is 15.0. The summed E-state index contributed by atoms with van der Waals surface area (Å²) >= 11 is 0. The molecule has 0 saturated carbocycles. The van der Waals surface area contributed by atoms with Gasteiger partial charge in [0.05, 0.1) is 0 Å². The number of nitrogens with one attached hydrogen (secondary N) is 1. The predicted molar refractivity (Wildman–Crippen MR) is 79.2 cm³/mol. The molecule has 1 fully saturated rings. The molecule has 1 aliphatic rings. The quantitative estimate of drug-likeness (QED) is 0.826. The normalized spacial score (nSPS) is 17.1. The standard InChI is InChI=1S/C16H24N2O2/c19-12-4-9-18-10-7-15(8-11-18)16(20)17-13-14-5-2-1-3-6-14/h1-3,5-6,15,19H,4,7-13H2,(H,17,20). The largest absolute Gasteiger partial charge is 0.396 e. The minimum absolute atomic E-state index is 0.143. The van der Waals surface area contributed by atoms with Gasteiger partial charge in [-0.25, -0.2) is 0 Å². The highest BCUT2D eigenvalue weighted by molar-refractivity contribution is 5.78. The lowest BCUT2D eigenvalue weighted by atomic mass is 9.95. The van der Waals surface area contributed by atoms with Crippen LogP contribution in [0.3, 0.4) is 0 Å². The number of amides is 1. The molecule has 0 unspecified atom stereocenters. The van der Waals surface area contributed by atoms with Crippen LogP contribution >= 0.6 is 0 Å². The van der Waals surface area contributed by atoms with Crippen molar-refractivity contribution in [2.24, 2.45) is 5.92 Å². The molecule has 1 aliphatic heterocycles. The van der Waals surface area contributed by atoms with Gasteiger partial charge < -0.3 is 15.3 Å². The van der Waals surface area contributed by atoms with Crippen LogP contribution in [-0.2, 0) is 11.3 Å². The average molecular weight is 276 g/mol. The molecule has 0 radical (unpaired) electrons. The summed E-state index contributed by atoms with van der Waals surface area (Å²) in [6, 6.07) is 10.0. The van der Waals surface area contributed by atoms with Crippen molar-refractivity contribution < 1.29 is 9.90 Å². The Kier molecular flexibility index (Phi) is 6.02. The molecule has 1 saturated heterocycles. The van der Waals surface area contributed by atoms with Gasteiger partial charge >= 0.3 is 0 Å². The first-order valence-electron chi connectivity index (χ1n) is 7.44. The number of aliphatic hydroxyl groups excluding tert-OH is 1. The highest BCUT2D eigenvalue weighted by Gasteiger charge is 2.24. The molecule has 1 amide bonds. The van der Waals surface area contributed by atoms with Gasteiger partial charge in [-0.15, -0.1) is 0 Å². The predicted octanol–water partition coefficient (Wildman–Crippen LogP) is 1.40. The number of likely N-dealkylation sites (tertiary alicyclic amines) is 1. The first-order chi connectivity index (χ1) is 9.79. The van der Waals surface area contributed by atoms with Crippen LogP contribution in [0.4, 0.5) is 0 Å². The second-order valence-corrected chi connectivity index (χ2v) is 5.40. The third-order valence-corrected chi connectivity index (χ3v) is 3.90. The summed E-state index contributed by atoms with van der Waals surface area (Å²) < 4.78 is 0. The zero-order valence-electron chi connectivity index (χ0n) is 11.9. The molecule has 0 bridgehead atoms. The summed E-state index contributed by atoms with van der Waals surface area (Å²) in [4.78, 5) is 14.5. The number of carbonyl (C=O) groups is 1. The number of aliphatic hydroxyl groups is 1. The number of hydrogen-bond acceptors (Lipinski definition) is 3. The number of piperidine rings is 1. The smallest absolute Gasteiger partial charge is 0.223 e. The van der Waals surface area contributed by atoms with Crippen LogP contribution in [0, 0.1) is 5.92 Å². The highest BCUT2D eigenvalue weighted by atomic mass is 16.3. The summed E-state index contributed by atoms with van der Waals surface area (Å²) in [5.74, 6) is 0.319. The lowest BCUT2D eigenvalue weighted by Crippen LogP contribution is -2.40. The monoisotopic (exact) mass is 276 g/mol. The van der Waals surface area contributed by atoms with E-state index in [1.807, 2.05) is 30.3 Å². The summed E-state index contributed by atoms with van der Waals surface area (Å²) in [6.45, 7) is 3.73. The number of benzene rings is 1. The lowest BCUT2D eigenvalue weighted by molar-refractivity contribution is -0.126. The van der Waals surface area contributed by atoms with Gasteiger partial charge in [0.2, 0.25) is 5.91 Å². The topological polar surface area (TPSA) is 52.6 Å². The van der Waals surface area contributed by atoms with Gasteiger partial charge in [0.1, 0.15) is 0 Å². The Hall–Kier alpha value is -1.39. The molecule has 1 aromatic carbocycles. The van der Waals surface area contributed by atoms with Gasteiger partial charge in [-0.3, -0.25) is 4.79 Å². The molecule has 0 atom stereocenters. The van der Waals surface area contributed by atoms with Crippen LogP contribution in [0.25, 0.3) is 0 Å². The van der Waals surface area contributed by atoms with Crippen molar-refractivity contribution in [2.45, 2.75) is 25.8 Å². The first-order valence-corrected chi connectivity index (χ1v) is 7.44. The number of carbonyl (C=O) groups excluding carboxylic acids is 1. The number of nitrogens with zero attached hydrogens (tertiary/aromatic N) is 1. The summed E-state index contributed by atoms with van der Waals surface area (Å²) in [6.07, 6.45) is 2.67. The van der Waals surface area contributed by atoms with E-state index in [1.54, 1.807) is 0 Å². The van der Waals surface area contributed by atoms with E-state index >= 15 is 0 Å². The summed E-state index contributed by atoms with van der Waals surface area (Å²) in [5, 5.41) is 11.9. The molecule has 0 aromatic heterocycles. The Morgan fingerprint density at radius 1 is 1.25 bits per heavy atom. The molecule has 1 aromatic rings. The summed E-state index contributed by atoms with van der Waals surface area (Å²) in [5.41, 5.74) is 1.14. The summed E-state index contributed by atoms with van der Waals surface area (Å²) in [7, 11) is 0. The molecule has 4 heteroatoms. The molecule has 110 valence electrons. The van der Waals surface area contributed by atoms with E-state index in [1.165, 1.54) is 0 Å². The van der Waals surface area contributed by atoms with Crippen LogP contribution in [0.2, 0.25) is 0 Å². The minimum atomic E-state index is 0.143. The number of hydrogen-bond donors (Lipinski definition) is 2. The fourth-order valence-corrected chi connectivity index (χ4v) is 2.64. The van der Waals surface area contributed by atoms with E-state index in [9.17, 15) is 4.79 Å². The van der Waals surface area contributed by atoms with E-state index in [4.69, 9.17) is 5.11 Å². The zero-order chi connectivity index (χ0) is 14.2. The van der Waals surface area contributed by atoms with E-state index in [0.29, 0.717) is 6.54 Å². The van der Waals surface area contributed by atoms with Crippen LogP contribution in [0.15, 0.2) is 30.3 Å². The second-order valence-electron chi connectivity index (χ2n) is 5.40. The van der Waals surface area contributed by atoms with E-state index in [-0.39, 0.29) is 18.4 Å².